The van der Waals surface area contributed by atoms with E-state index in [1.165, 1.54) is 0 Å². The topological polar surface area (TPSA) is 52.3 Å². The number of carbonyl (C=O) groups excluding carboxylic acids is 1. The summed E-state index contributed by atoms with van der Waals surface area (Å²) in [5.41, 5.74) is 6.85. The molecule has 0 aliphatic carbocycles. The molecule has 0 amide bonds. The van der Waals surface area contributed by atoms with Crippen molar-refractivity contribution in [1.82, 2.24) is 0 Å². The molecule has 0 saturated heterocycles. The first kappa shape index (κ1) is 14.0. The van der Waals surface area contributed by atoms with Crippen molar-refractivity contribution in [2.45, 2.75) is 13.0 Å². The van der Waals surface area contributed by atoms with Crippen LogP contribution in [0.4, 0.5) is 14.5 Å². The van der Waals surface area contributed by atoms with Gasteiger partial charge in [-0.2, -0.15) is 0 Å². The second kappa shape index (κ2) is 6.14. The fourth-order valence-corrected chi connectivity index (χ4v) is 1.73. The van der Waals surface area contributed by atoms with Gasteiger partial charge in [0.2, 0.25) is 0 Å². The molecule has 0 bridgehead atoms. The number of hydrogen-bond donors (Lipinski definition) is 1. The summed E-state index contributed by atoms with van der Waals surface area (Å²) in [6, 6.07) is 9.83. The Morgan fingerprint density at radius 3 is 2.70 bits per heavy atom. The average Bonchev–Trinajstić information content (AvgIpc) is 2.40. The lowest BCUT2D eigenvalue weighted by atomic mass is 10.1. The molecule has 0 atom stereocenters. The van der Waals surface area contributed by atoms with E-state index >= 15 is 0 Å². The van der Waals surface area contributed by atoms with Gasteiger partial charge in [0.1, 0.15) is 18.2 Å². The van der Waals surface area contributed by atoms with Crippen LogP contribution < -0.4 is 5.73 Å². The third-order valence-corrected chi connectivity index (χ3v) is 2.70. The maximum atomic E-state index is 13.3. The van der Waals surface area contributed by atoms with Crippen LogP contribution >= 0.6 is 0 Å². The van der Waals surface area contributed by atoms with E-state index in [2.05, 4.69) is 0 Å². The van der Waals surface area contributed by atoms with Gasteiger partial charge in [-0.1, -0.05) is 12.1 Å². The van der Waals surface area contributed by atoms with Gasteiger partial charge >= 0.3 is 5.97 Å². The lowest BCUT2D eigenvalue weighted by Crippen LogP contribution is -2.09. The summed E-state index contributed by atoms with van der Waals surface area (Å²) >= 11 is 0. The number of anilines is 1. The lowest BCUT2D eigenvalue weighted by Gasteiger charge is -2.06. The summed E-state index contributed by atoms with van der Waals surface area (Å²) < 4.78 is 31.2. The number of esters is 1. The molecule has 2 aromatic rings. The van der Waals surface area contributed by atoms with Crippen molar-refractivity contribution in [2.75, 3.05) is 5.73 Å². The minimum Gasteiger partial charge on any atom is -0.460 e. The van der Waals surface area contributed by atoms with Crippen molar-refractivity contribution in [2.24, 2.45) is 0 Å². The highest BCUT2D eigenvalue weighted by Gasteiger charge is 2.09. The number of rotatable bonds is 4. The maximum absolute atomic E-state index is 13.3. The van der Waals surface area contributed by atoms with Crippen molar-refractivity contribution in [3.05, 3.63) is 65.2 Å². The molecule has 0 aromatic heterocycles. The Morgan fingerprint density at radius 2 is 1.95 bits per heavy atom. The van der Waals surface area contributed by atoms with Gasteiger partial charge in [0.25, 0.3) is 0 Å². The third-order valence-electron chi connectivity index (χ3n) is 2.70. The van der Waals surface area contributed by atoms with E-state index in [4.69, 9.17) is 10.5 Å². The monoisotopic (exact) mass is 277 g/mol. The van der Waals surface area contributed by atoms with Crippen LogP contribution in [0.5, 0.6) is 0 Å². The molecule has 2 aromatic carbocycles. The van der Waals surface area contributed by atoms with E-state index in [1.54, 1.807) is 24.3 Å². The maximum Gasteiger partial charge on any atom is 0.310 e. The van der Waals surface area contributed by atoms with Gasteiger partial charge in [-0.15, -0.1) is 0 Å². The molecule has 0 spiro atoms. The van der Waals surface area contributed by atoms with E-state index in [-0.39, 0.29) is 18.6 Å². The largest absolute Gasteiger partial charge is 0.460 e. The van der Waals surface area contributed by atoms with Gasteiger partial charge < -0.3 is 10.5 Å². The Bertz CT molecular complexity index is 629. The van der Waals surface area contributed by atoms with Crippen LogP contribution in [0, 0.1) is 11.6 Å². The van der Waals surface area contributed by atoms with E-state index in [0.29, 0.717) is 11.3 Å². The van der Waals surface area contributed by atoms with Crippen LogP contribution in [-0.4, -0.2) is 5.97 Å². The summed E-state index contributed by atoms with van der Waals surface area (Å²) in [7, 11) is 0. The Labute approximate surface area is 115 Å². The highest BCUT2D eigenvalue weighted by Crippen LogP contribution is 2.12. The summed E-state index contributed by atoms with van der Waals surface area (Å²) in [6.45, 7) is -0.301. The molecule has 0 heterocycles. The zero-order valence-corrected chi connectivity index (χ0v) is 10.6. The van der Waals surface area contributed by atoms with Crippen LogP contribution in [-0.2, 0) is 22.6 Å². The zero-order valence-electron chi connectivity index (χ0n) is 10.6. The van der Waals surface area contributed by atoms with E-state index in [0.717, 1.165) is 18.2 Å². The summed E-state index contributed by atoms with van der Waals surface area (Å²) in [4.78, 5) is 11.6. The highest BCUT2D eigenvalue weighted by molar-refractivity contribution is 5.73. The molecule has 0 aliphatic heterocycles. The minimum absolute atomic E-state index is 0.00549. The molecule has 3 nitrogen and oxygen atoms in total. The minimum atomic E-state index is -0.608. The summed E-state index contributed by atoms with van der Waals surface area (Å²) in [5.74, 6) is -1.71. The first-order valence-corrected chi connectivity index (χ1v) is 5.98. The first-order valence-electron chi connectivity index (χ1n) is 5.98. The van der Waals surface area contributed by atoms with Crippen molar-refractivity contribution in [3.8, 4) is 0 Å². The smallest absolute Gasteiger partial charge is 0.310 e. The molecule has 20 heavy (non-hydrogen) atoms. The Balaban J connectivity index is 1.94. The van der Waals surface area contributed by atoms with Crippen molar-refractivity contribution in [3.63, 3.8) is 0 Å². The van der Waals surface area contributed by atoms with Gasteiger partial charge in [-0.3, -0.25) is 4.79 Å². The molecule has 2 rings (SSSR count). The predicted octanol–water partition coefficient (Wildman–Crippen LogP) is 2.83. The molecule has 0 radical (unpaired) electrons. The number of ether oxygens (including phenoxy) is 1. The van der Waals surface area contributed by atoms with Gasteiger partial charge in [-0.05, 0) is 35.9 Å². The van der Waals surface area contributed by atoms with Gasteiger partial charge in [-0.25, -0.2) is 8.78 Å². The first-order chi connectivity index (χ1) is 9.54. The number of benzene rings is 2. The average molecular weight is 277 g/mol. The van der Waals surface area contributed by atoms with Gasteiger partial charge in [0.15, 0.2) is 0 Å². The van der Waals surface area contributed by atoms with Gasteiger partial charge in [0, 0.05) is 11.3 Å². The van der Waals surface area contributed by atoms with Crippen LogP contribution in [0.3, 0.4) is 0 Å². The second-order valence-corrected chi connectivity index (χ2v) is 4.32. The third kappa shape index (κ3) is 3.78. The fraction of sp³-hybridized carbons (Fsp3) is 0.133. The Kier molecular flexibility index (Phi) is 4.30. The van der Waals surface area contributed by atoms with Crippen LogP contribution in [0.2, 0.25) is 0 Å². The zero-order chi connectivity index (χ0) is 14.5. The van der Waals surface area contributed by atoms with Crippen LogP contribution in [0.15, 0.2) is 42.5 Å². The van der Waals surface area contributed by atoms with Crippen LogP contribution in [0.1, 0.15) is 11.1 Å². The normalized spacial score (nSPS) is 10.3. The van der Waals surface area contributed by atoms with Crippen molar-refractivity contribution in [1.29, 1.82) is 0 Å². The van der Waals surface area contributed by atoms with Gasteiger partial charge in [0.05, 0.1) is 6.42 Å². The molecule has 5 heteroatoms. The molecular weight excluding hydrogens is 264 g/mol. The van der Waals surface area contributed by atoms with E-state index in [1.807, 2.05) is 0 Å². The van der Waals surface area contributed by atoms with E-state index in [9.17, 15) is 13.6 Å². The standard InChI is InChI=1S/C15H13F2NO2/c16-12-4-5-14(17)11(8-12)9-20-15(19)7-10-2-1-3-13(18)6-10/h1-6,8H,7,9,18H2. The number of nitrogen functional groups attached to an aromatic ring is 1. The summed E-state index contributed by atoms with van der Waals surface area (Å²) in [5, 5.41) is 0. The number of nitrogens with two attached hydrogens (primary N) is 1. The molecular formula is C15H13F2NO2. The Hall–Kier alpha value is -2.43. The lowest BCUT2D eigenvalue weighted by molar-refractivity contribution is -0.144. The number of carbonyl (C=O) groups is 1. The van der Waals surface area contributed by atoms with Crippen molar-refractivity contribution < 1.29 is 18.3 Å². The summed E-state index contributed by atoms with van der Waals surface area (Å²) in [6.07, 6.45) is 0.0297. The fourth-order valence-electron chi connectivity index (χ4n) is 1.73. The van der Waals surface area contributed by atoms with Crippen molar-refractivity contribution >= 4 is 11.7 Å². The molecule has 0 aliphatic rings. The quantitative estimate of drug-likeness (QED) is 0.690. The SMILES string of the molecule is Nc1cccc(CC(=O)OCc2cc(F)ccc2F)c1. The molecule has 104 valence electrons. The number of hydrogen-bond acceptors (Lipinski definition) is 3. The van der Waals surface area contributed by atoms with Crippen LogP contribution in [0.25, 0.3) is 0 Å². The Morgan fingerprint density at radius 1 is 1.15 bits per heavy atom. The van der Waals surface area contributed by atoms with E-state index < -0.39 is 17.6 Å². The number of halogens is 2. The highest BCUT2D eigenvalue weighted by atomic mass is 19.1. The second-order valence-electron chi connectivity index (χ2n) is 4.32. The predicted molar refractivity (Wildman–Crippen MR) is 70.7 cm³/mol. The molecule has 2 N–H and O–H groups in total. The molecule has 0 unspecified atom stereocenters. The molecule has 0 fully saturated rings. The molecule has 0 saturated carbocycles.